The number of hydrogen-bond donors (Lipinski definition) is 1. The first-order valence-corrected chi connectivity index (χ1v) is 13.4. The second-order valence-corrected chi connectivity index (χ2v) is 10.7. The largest absolute Gasteiger partial charge is 0.308 e. The van der Waals surface area contributed by atoms with Gasteiger partial charge in [-0.05, 0) is 36.8 Å². The Morgan fingerprint density at radius 2 is 2.00 bits per heavy atom. The molecule has 4 aromatic rings. The fourth-order valence-corrected chi connectivity index (χ4v) is 6.71. The molecule has 6 nitrogen and oxygen atoms in total. The van der Waals surface area contributed by atoms with Crippen molar-refractivity contribution >= 4 is 51.2 Å². The van der Waals surface area contributed by atoms with Gasteiger partial charge in [0.1, 0.15) is 10.7 Å². The van der Waals surface area contributed by atoms with Crippen LogP contribution in [-0.4, -0.2) is 30.5 Å². The molecule has 0 spiro atoms. The first-order valence-electron chi connectivity index (χ1n) is 10.6. The Morgan fingerprint density at radius 3 is 2.88 bits per heavy atom. The van der Waals surface area contributed by atoms with Gasteiger partial charge in [0.2, 0.25) is 0 Å². The molecule has 0 atom stereocenters. The number of benzene rings is 1. The summed E-state index contributed by atoms with van der Waals surface area (Å²) in [5.41, 5.74) is 2.39. The second-order valence-electron chi connectivity index (χ2n) is 7.63. The lowest BCUT2D eigenvalue weighted by molar-refractivity contribution is 0.700. The van der Waals surface area contributed by atoms with Crippen molar-refractivity contribution < 1.29 is 0 Å². The van der Waals surface area contributed by atoms with Crippen molar-refractivity contribution in [2.45, 2.75) is 41.7 Å². The minimum absolute atomic E-state index is 0.0173. The van der Waals surface area contributed by atoms with Crippen LogP contribution in [0.5, 0.6) is 0 Å². The zero-order chi connectivity index (χ0) is 21.9. The van der Waals surface area contributed by atoms with Gasteiger partial charge in [0, 0.05) is 17.7 Å². The van der Waals surface area contributed by atoms with Crippen LogP contribution in [0.15, 0.2) is 51.5 Å². The van der Waals surface area contributed by atoms with Crippen molar-refractivity contribution in [1.29, 1.82) is 0 Å². The van der Waals surface area contributed by atoms with E-state index in [1.807, 2.05) is 29.8 Å². The van der Waals surface area contributed by atoms with E-state index < -0.39 is 0 Å². The maximum Gasteiger partial charge on any atom is 0.260 e. The summed E-state index contributed by atoms with van der Waals surface area (Å²) in [6.07, 6.45) is 8.66. The highest BCUT2D eigenvalue weighted by atomic mass is 32.2. The van der Waals surface area contributed by atoms with Crippen LogP contribution in [0.25, 0.3) is 16.3 Å². The number of thiophene rings is 1. The molecule has 3 aromatic heterocycles. The maximum atomic E-state index is 12.7. The standard InChI is InChI=1S/C23H23N5OS3/c1-28-18(26-27-23(28)30-13-7-10-15-8-3-2-4-9-15)14-31-22-24-20(29)19-16-11-5-6-12-17(16)32-21(19)25-22/h2-4,7-10H,5-6,11-14H2,1H3,(H,24,25,29)/b10-7+. The highest BCUT2D eigenvalue weighted by molar-refractivity contribution is 7.99. The highest BCUT2D eigenvalue weighted by Crippen LogP contribution is 2.34. The average molecular weight is 482 g/mol. The van der Waals surface area contributed by atoms with Gasteiger partial charge < -0.3 is 9.55 Å². The summed E-state index contributed by atoms with van der Waals surface area (Å²) < 4.78 is 2.01. The van der Waals surface area contributed by atoms with Crippen molar-refractivity contribution in [3.05, 3.63) is 68.6 Å². The van der Waals surface area contributed by atoms with Crippen molar-refractivity contribution in [3.8, 4) is 0 Å². The van der Waals surface area contributed by atoms with Crippen LogP contribution < -0.4 is 5.56 Å². The molecular formula is C23H23N5OS3. The molecule has 0 saturated heterocycles. The highest BCUT2D eigenvalue weighted by Gasteiger charge is 2.20. The fraction of sp³-hybridized carbons (Fsp3) is 0.304. The monoisotopic (exact) mass is 481 g/mol. The number of rotatable bonds is 7. The van der Waals surface area contributed by atoms with Crippen molar-refractivity contribution in [3.63, 3.8) is 0 Å². The van der Waals surface area contributed by atoms with E-state index >= 15 is 0 Å². The molecule has 0 bridgehead atoms. The first kappa shape index (κ1) is 21.5. The predicted octanol–water partition coefficient (Wildman–Crippen LogP) is 5.09. The second kappa shape index (κ2) is 9.64. The summed E-state index contributed by atoms with van der Waals surface area (Å²) in [5.74, 6) is 2.28. The van der Waals surface area contributed by atoms with Gasteiger partial charge in [-0.1, -0.05) is 66.0 Å². The average Bonchev–Trinajstić information content (AvgIpc) is 3.36. The molecule has 0 amide bonds. The number of aromatic nitrogens is 5. The molecule has 9 heteroatoms. The molecule has 0 saturated carbocycles. The van der Waals surface area contributed by atoms with E-state index in [-0.39, 0.29) is 5.56 Å². The quantitative estimate of drug-likeness (QED) is 0.293. The zero-order valence-corrected chi connectivity index (χ0v) is 20.2. The van der Waals surface area contributed by atoms with Gasteiger partial charge in [-0.2, -0.15) is 0 Å². The number of fused-ring (bicyclic) bond motifs is 3. The third-order valence-corrected chi connectivity index (χ3v) is 8.51. The van der Waals surface area contributed by atoms with Crippen LogP contribution in [0, 0.1) is 0 Å². The maximum absolute atomic E-state index is 12.7. The molecule has 0 radical (unpaired) electrons. The predicted molar refractivity (Wildman–Crippen MR) is 134 cm³/mol. The van der Waals surface area contributed by atoms with Crippen molar-refractivity contribution in [1.82, 2.24) is 24.7 Å². The summed E-state index contributed by atoms with van der Waals surface area (Å²) in [7, 11) is 1.98. The van der Waals surface area contributed by atoms with Crippen LogP contribution in [0.3, 0.4) is 0 Å². The molecule has 1 aliphatic carbocycles. The number of aryl methyl sites for hydroxylation is 2. The van der Waals surface area contributed by atoms with Gasteiger partial charge in [0.15, 0.2) is 10.3 Å². The summed E-state index contributed by atoms with van der Waals surface area (Å²) in [5, 5.41) is 11.0. The SMILES string of the molecule is Cn1c(CSc2nc3sc4c(c3c(=O)[nH]2)CCCC4)nnc1SC/C=C/c1ccccc1. The third-order valence-electron chi connectivity index (χ3n) is 5.48. The Kier molecular flexibility index (Phi) is 6.47. The normalized spacial score (nSPS) is 13.8. The number of nitrogens with zero attached hydrogens (tertiary/aromatic N) is 4. The molecule has 1 aliphatic rings. The van der Waals surface area contributed by atoms with E-state index in [0.29, 0.717) is 10.9 Å². The molecule has 164 valence electrons. The Bertz CT molecular complexity index is 1320. The smallest absolute Gasteiger partial charge is 0.260 e. The van der Waals surface area contributed by atoms with Gasteiger partial charge >= 0.3 is 0 Å². The van der Waals surface area contributed by atoms with Crippen LogP contribution >= 0.6 is 34.9 Å². The van der Waals surface area contributed by atoms with Crippen molar-refractivity contribution in [2.75, 3.05) is 5.75 Å². The number of nitrogens with one attached hydrogen (secondary N) is 1. The minimum Gasteiger partial charge on any atom is -0.308 e. The van der Waals surface area contributed by atoms with E-state index in [4.69, 9.17) is 4.98 Å². The molecule has 0 fully saturated rings. The van der Waals surface area contributed by atoms with Gasteiger partial charge in [0.05, 0.1) is 11.1 Å². The molecule has 0 unspecified atom stereocenters. The number of H-pyrrole nitrogens is 1. The number of thioether (sulfide) groups is 2. The van der Waals surface area contributed by atoms with Gasteiger partial charge in [0.25, 0.3) is 5.56 Å². The van der Waals surface area contributed by atoms with Gasteiger partial charge in [-0.15, -0.1) is 21.5 Å². The molecule has 1 N–H and O–H groups in total. The molecular weight excluding hydrogens is 458 g/mol. The van der Waals surface area contributed by atoms with E-state index in [9.17, 15) is 4.79 Å². The summed E-state index contributed by atoms with van der Waals surface area (Å²) >= 11 is 4.82. The number of aromatic amines is 1. The Hall–Kier alpha value is -2.36. The van der Waals surface area contributed by atoms with Crippen LogP contribution in [0.1, 0.15) is 34.7 Å². The van der Waals surface area contributed by atoms with Crippen LogP contribution in [-0.2, 0) is 25.6 Å². The first-order chi connectivity index (χ1) is 15.7. The van der Waals surface area contributed by atoms with E-state index in [2.05, 4.69) is 39.5 Å². The van der Waals surface area contributed by atoms with Crippen molar-refractivity contribution in [2.24, 2.45) is 7.05 Å². The van der Waals surface area contributed by atoms with Gasteiger partial charge in [-0.25, -0.2) is 4.98 Å². The minimum atomic E-state index is -0.0173. The lowest BCUT2D eigenvalue weighted by Gasteiger charge is -2.09. The Morgan fingerprint density at radius 1 is 1.16 bits per heavy atom. The molecule has 32 heavy (non-hydrogen) atoms. The zero-order valence-electron chi connectivity index (χ0n) is 17.7. The summed E-state index contributed by atoms with van der Waals surface area (Å²) in [6, 6.07) is 10.3. The number of hydrogen-bond acceptors (Lipinski definition) is 7. The lowest BCUT2D eigenvalue weighted by Crippen LogP contribution is -2.11. The lowest BCUT2D eigenvalue weighted by atomic mass is 9.97. The van der Waals surface area contributed by atoms with E-state index in [0.717, 1.165) is 46.2 Å². The summed E-state index contributed by atoms with van der Waals surface area (Å²) in [6.45, 7) is 0. The molecule has 1 aromatic carbocycles. The molecule has 5 rings (SSSR count). The van der Waals surface area contributed by atoms with E-state index in [1.54, 1.807) is 23.1 Å². The summed E-state index contributed by atoms with van der Waals surface area (Å²) in [4.78, 5) is 22.6. The third kappa shape index (κ3) is 4.55. The van der Waals surface area contributed by atoms with Crippen LogP contribution in [0.2, 0.25) is 0 Å². The van der Waals surface area contributed by atoms with Gasteiger partial charge in [-0.3, -0.25) is 4.79 Å². The Labute approximate surface area is 198 Å². The fourth-order valence-electron chi connectivity index (χ4n) is 3.81. The van der Waals surface area contributed by atoms with E-state index in [1.165, 1.54) is 34.2 Å². The molecule has 3 heterocycles. The molecule has 0 aliphatic heterocycles. The topological polar surface area (TPSA) is 76.5 Å². The van der Waals surface area contributed by atoms with Crippen LogP contribution in [0.4, 0.5) is 0 Å². The Balaban J connectivity index is 1.23.